The number of carbonyl (C=O) groups is 1. The predicted octanol–water partition coefficient (Wildman–Crippen LogP) is 4.47. The van der Waals surface area contributed by atoms with Crippen LogP contribution in [0.1, 0.15) is 26.4 Å². The van der Waals surface area contributed by atoms with Gasteiger partial charge in [0.25, 0.3) is 0 Å². The van der Waals surface area contributed by atoms with Crippen molar-refractivity contribution < 1.29 is 4.79 Å². The van der Waals surface area contributed by atoms with Crippen molar-refractivity contribution in [1.82, 2.24) is 0 Å². The summed E-state index contributed by atoms with van der Waals surface area (Å²) in [4.78, 5) is 12.6. The SMILES string of the molecule is Cc1cc(C)cc(CSc2csc(C=O)c2)c1. The molecule has 0 atom stereocenters. The van der Waals surface area contributed by atoms with Crippen molar-refractivity contribution in [3.05, 3.63) is 51.2 Å². The molecule has 0 radical (unpaired) electrons. The van der Waals surface area contributed by atoms with Crippen molar-refractivity contribution in [2.45, 2.75) is 24.5 Å². The van der Waals surface area contributed by atoms with Crippen LogP contribution in [0.25, 0.3) is 0 Å². The van der Waals surface area contributed by atoms with Crippen LogP contribution in [-0.2, 0) is 5.75 Å². The summed E-state index contributed by atoms with van der Waals surface area (Å²) < 4.78 is 0. The summed E-state index contributed by atoms with van der Waals surface area (Å²) >= 11 is 3.28. The molecule has 0 aliphatic heterocycles. The molecule has 0 amide bonds. The first kappa shape index (κ1) is 12.4. The molecular formula is C14H14OS2. The third-order valence-electron chi connectivity index (χ3n) is 2.40. The van der Waals surface area contributed by atoms with Crippen molar-refractivity contribution in [3.8, 4) is 0 Å². The first-order valence-corrected chi connectivity index (χ1v) is 7.27. The Bertz CT molecular complexity index is 509. The second kappa shape index (κ2) is 5.52. The van der Waals surface area contributed by atoms with Gasteiger partial charge in [-0.2, -0.15) is 0 Å². The van der Waals surface area contributed by atoms with Crippen LogP contribution in [0.15, 0.2) is 34.5 Å². The Kier molecular flexibility index (Phi) is 4.02. The molecule has 2 rings (SSSR count). The molecule has 2 aromatic rings. The van der Waals surface area contributed by atoms with Crippen molar-refractivity contribution in [1.29, 1.82) is 0 Å². The van der Waals surface area contributed by atoms with E-state index in [1.165, 1.54) is 32.9 Å². The molecule has 0 N–H and O–H groups in total. The molecule has 1 heterocycles. The number of aldehydes is 1. The Balaban J connectivity index is 2.04. The molecule has 0 fully saturated rings. The van der Waals surface area contributed by atoms with Crippen molar-refractivity contribution in [3.63, 3.8) is 0 Å². The molecule has 3 heteroatoms. The highest BCUT2D eigenvalue weighted by atomic mass is 32.2. The topological polar surface area (TPSA) is 17.1 Å². The molecule has 0 unspecified atom stereocenters. The second-order valence-corrected chi connectivity index (χ2v) is 6.08. The fraction of sp³-hybridized carbons (Fsp3) is 0.214. The van der Waals surface area contributed by atoms with Gasteiger partial charge in [-0.15, -0.1) is 23.1 Å². The van der Waals surface area contributed by atoms with E-state index >= 15 is 0 Å². The molecule has 17 heavy (non-hydrogen) atoms. The van der Waals surface area contributed by atoms with Crippen LogP contribution in [0.3, 0.4) is 0 Å². The minimum Gasteiger partial charge on any atom is -0.297 e. The monoisotopic (exact) mass is 262 g/mol. The maximum atomic E-state index is 10.6. The van der Waals surface area contributed by atoms with Gasteiger partial charge in [0.1, 0.15) is 0 Å². The summed E-state index contributed by atoms with van der Waals surface area (Å²) in [5.74, 6) is 0.956. The average Bonchev–Trinajstić information content (AvgIpc) is 2.73. The van der Waals surface area contributed by atoms with Gasteiger partial charge < -0.3 is 0 Å². The zero-order valence-corrected chi connectivity index (χ0v) is 11.5. The van der Waals surface area contributed by atoms with Crippen LogP contribution < -0.4 is 0 Å². The number of benzene rings is 1. The Morgan fingerprint density at radius 1 is 1.18 bits per heavy atom. The van der Waals surface area contributed by atoms with Gasteiger partial charge in [-0.25, -0.2) is 0 Å². The number of rotatable bonds is 4. The van der Waals surface area contributed by atoms with E-state index in [9.17, 15) is 4.79 Å². The minimum absolute atomic E-state index is 0.799. The molecule has 1 aromatic carbocycles. The summed E-state index contributed by atoms with van der Waals surface area (Å²) in [7, 11) is 0. The zero-order chi connectivity index (χ0) is 12.3. The lowest BCUT2D eigenvalue weighted by Gasteiger charge is -2.03. The van der Waals surface area contributed by atoms with E-state index in [1.54, 1.807) is 11.8 Å². The van der Waals surface area contributed by atoms with Gasteiger partial charge in [0.2, 0.25) is 0 Å². The first-order valence-electron chi connectivity index (χ1n) is 5.41. The van der Waals surface area contributed by atoms with E-state index in [1.807, 2.05) is 11.4 Å². The van der Waals surface area contributed by atoms with E-state index in [2.05, 4.69) is 32.0 Å². The van der Waals surface area contributed by atoms with Gasteiger partial charge in [0.05, 0.1) is 4.88 Å². The maximum absolute atomic E-state index is 10.6. The average molecular weight is 262 g/mol. The van der Waals surface area contributed by atoms with Gasteiger partial charge in [-0.1, -0.05) is 29.3 Å². The van der Waals surface area contributed by atoms with Gasteiger partial charge >= 0.3 is 0 Å². The van der Waals surface area contributed by atoms with Crippen LogP contribution in [0.2, 0.25) is 0 Å². The zero-order valence-electron chi connectivity index (χ0n) is 9.90. The Hall–Kier alpha value is -1.06. The molecule has 1 nitrogen and oxygen atoms in total. The molecule has 0 bridgehead atoms. The first-order chi connectivity index (χ1) is 8.17. The van der Waals surface area contributed by atoms with Crippen LogP contribution >= 0.6 is 23.1 Å². The van der Waals surface area contributed by atoms with E-state index in [-0.39, 0.29) is 0 Å². The minimum atomic E-state index is 0.799. The van der Waals surface area contributed by atoms with Gasteiger partial charge in [0.15, 0.2) is 6.29 Å². The van der Waals surface area contributed by atoms with E-state index < -0.39 is 0 Å². The third-order valence-corrected chi connectivity index (χ3v) is 4.45. The molecule has 0 saturated heterocycles. The normalized spacial score (nSPS) is 10.5. The van der Waals surface area contributed by atoms with Crippen LogP contribution in [-0.4, -0.2) is 6.29 Å². The lowest BCUT2D eigenvalue weighted by atomic mass is 10.1. The Labute approximate surface area is 110 Å². The van der Waals surface area contributed by atoms with E-state index in [0.717, 1.165) is 16.9 Å². The molecule has 0 aliphatic rings. The summed E-state index contributed by atoms with van der Waals surface area (Å²) in [5.41, 5.74) is 3.95. The van der Waals surface area contributed by atoms with E-state index in [4.69, 9.17) is 0 Å². The highest BCUT2D eigenvalue weighted by Gasteiger charge is 2.01. The second-order valence-electron chi connectivity index (χ2n) is 4.09. The van der Waals surface area contributed by atoms with Gasteiger partial charge in [-0.05, 0) is 25.5 Å². The van der Waals surface area contributed by atoms with Crippen LogP contribution in [0.5, 0.6) is 0 Å². The summed E-state index contributed by atoms with van der Waals surface area (Å²) in [6.07, 6.45) is 0.908. The van der Waals surface area contributed by atoms with Crippen molar-refractivity contribution in [2.24, 2.45) is 0 Å². The number of hydrogen-bond donors (Lipinski definition) is 0. The Morgan fingerprint density at radius 2 is 1.88 bits per heavy atom. The number of thioether (sulfide) groups is 1. The van der Waals surface area contributed by atoms with E-state index in [0.29, 0.717) is 0 Å². The lowest BCUT2D eigenvalue weighted by molar-refractivity contribution is 0.112. The molecule has 0 spiro atoms. The van der Waals surface area contributed by atoms with Gasteiger partial charge in [-0.3, -0.25) is 4.79 Å². The number of aryl methyl sites for hydroxylation is 2. The fourth-order valence-corrected chi connectivity index (χ4v) is 3.56. The quantitative estimate of drug-likeness (QED) is 0.597. The maximum Gasteiger partial charge on any atom is 0.160 e. The van der Waals surface area contributed by atoms with Crippen LogP contribution in [0.4, 0.5) is 0 Å². The third kappa shape index (κ3) is 3.45. The highest BCUT2D eigenvalue weighted by molar-refractivity contribution is 7.98. The standard InChI is InChI=1S/C14H14OS2/c1-10-3-11(2)5-12(4-10)8-16-14-6-13(7-15)17-9-14/h3-7,9H,8H2,1-2H3. The summed E-state index contributed by atoms with van der Waals surface area (Å²) in [6, 6.07) is 8.56. The van der Waals surface area contributed by atoms with Crippen molar-refractivity contribution >= 4 is 29.4 Å². The fourth-order valence-electron chi connectivity index (χ4n) is 1.79. The molecule has 88 valence electrons. The number of hydrogen-bond acceptors (Lipinski definition) is 3. The summed E-state index contributed by atoms with van der Waals surface area (Å²) in [6.45, 7) is 4.24. The highest BCUT2D eigenvalue weighted by Crippen LogP contribution is 2.27. The molecular weight excluding hydrogens is 248 g/mol. The van der Waals surface area contributed by atoms with Crippen molar-refractivity contribution in [2.75, 3.05) is 0 Å². The number of carbonyl (C=O) groups excluding carboxylic acids is 1. The summed E-state index contributed by atoms with van der Waals surface area (Å²) in [5, 5.41) is 2.04. The molecule has 1 aromatic heterocycles. The smallest absolute Gasteiger partial charge is 0.160 e. The molecule has 0 saturated carbocycles. The largest absolute Gasteiger partial charge is 0.297 e. The number of thiophene rings is 1. The van der Waals surface area contributed by atoms with Gasteiger partial charge in [0, 0.05) is 16.0 Å². The van der Waals surface area contributed by atoms with Crippen LogP contribution in [0, 0.1) is 13.8 Å². The lowest BCUT2D eigenvalue weighted by Crippen LogP contribution is -1.84. The Morgan fingerprint density at radius 3 is 2.47 bits per heavy atom. The molecule has 0 aliphatic carbocycles. The predicted molar refractivity (Wildman–Crippen MR) is 75.2 cm³/mol.